The van der Waals surface area contributed by atoms with Crippen molar-refractivity contribution in [3.8, 4) is 0 Å². The lowest BCUT2D eigenvalue weighted by atomic mass is 10.3. The largest absolute Gasteiger partial charge is 0.424 e. The number of rotatable bonds is 7. The number of nitrogens with zero attached hydrogens (tertiary/aromatic N) is 2. The maximum absolute atomic E-state index is 12.1. The Hall–Kier alpha value is -2.98. The molecule has 0 atom stereocenters. The number of hydrogen-bond donors (Lipinski definition) is 2. The van der Waals surface area contributed by atoms with Crippen molar-refractivity contribution in [1.82, 2.24) is 9.71 Å². The number of aromatic nitrogens is 1. The van der Waals surface area contributed by atoms with Crippen LogP contribution in [0.15, 0.2) is 57.8 Å². The van der Waals surface area contributed by atoms with E-state index in [2.05, 4.69) is 15.0 Å². The minimum absolute atomic E-state index is 0.0417. The zero-order valence-corrected chi connectivity index (χ0v) is 13.7. The molecule has 3 aromatic rings. The number of para-hydroxylation sites is 2. The first kappa shape index (κ1) is 16.9. The van der Waals surface area contributed by atoms with Gasteiger partial charge in [0.05, 0.1) is 9.82 Å². The number of fused-ring (bicyclic) bond motifs is 1. The molecule has 0 aliphatic rings. The summed E-state index contributed by atoms with van der Waals surface area (Å²) in [5.41, 5.74) is 1.17. The summed E-state index contributed by atoms with van der Waals surface area (Å²) in [6, 6.07) is 12.2. The molecule has 25 heavy (non-hydrogen) atoms. The summed E-state index contributed by atoms with van der Waals surface area (Å²) in [6.07, 6.45) is 0. The molecular formula is C15H14N4O5S. The van der Waals surface area contributed by atoms with E-state index >= 15 is 0 Å². The fourth-order valence-corrected chi connectivity index (χ4v) is 3.16. The lowest BCUT2D eigenvalue weighted by Gasteiger charge is -2.06. The van der Waals surface area contributed by atoms with E-state index in [-0.39, 0.29) is 23.7 Å². The lowest BCUT2D eigenvalue weighted by Crippen LogP contribution is -2.28. The summed E-state index contributed by atoms with van der Waals surface area (Å²) < 4.78 is 32.1. The van der Waals surface area contributed by atoms with Gasteiger partial charge in [0.2, 0.25) is 10.0 Å². The summed E-state index contributed by atoms with van der Waals surface area (Å²) in [6.45, 7) is 0.358. The summed E-state index contributed by atoms with van der Waals surface area (Å²) in [7, 11) is -3.75. The van der Waals surface area contributed by atoms with Crippen LogP contribution in [0.25, 0.3) is 11.1 Å². The van der Waals surface area contributed by atoms with Crippen molar-refractivity contribution in [2.45, 2.75) is 4.90 Å². The van der Waals surface area contributed by atoms with Gasteiger partial charge >= 0.3 is 0 Å². The Bertz CT molecular complexity index is 965. The van der Waals surface area contributed by atoms with E-state index in [1.165, 1.54) is 12.1 Å². The molecule has 0 saturated carbocycles. The van der Waals surface area contributed by atoms with Crippen LogP contribution in [0.4, 0.5) is 11.7 Å². The molecule has 2 aromatic carbocycles. The average molecular weight is 362 g/mol. The van der Waals surface area contributed by atoms with Gasteiger partial charge in [-0.25, -0.2) is 13.1 Å². The van der Waals surface area contributed by atoms with Gasteiger partial charge in [0, 0.05) is 25.2 Å². The third-order valence-corrected chi connectivity index (χ3v) is 4.82. The maximum Gasteiger partial charge on any atom is 0.295 e. The van der Waals surface area contributed by atoms with Gasteiger partial charge in [0.15, 0.2) is 5.58 Å². The number of nitrogens with one attached hydrogen (secondary N) is 2. The topological polar surface area (TPSA) is 127 Å². The Morgan fingerprint density at radius 3 is 2.48 bits per heavy atom. The Labute approximate surface area is 142 Å². The number of nitro benzene ring substituents is 1. The van der Waals surface area contributed by atoms with Crippen molar-refractivity contribution in [2.24, 2.45) is 0 Å². The predicted molar refractivity (Wildman–Crippen MR) is 90.8 cm³/mol. The number of anilines is 1. The zero-order chi connectivity index (χ0) is 17.9. The maximum atomic E-state index is 12.1. The summed E-state index contributed by atoms with van der Waals surface area (Å²) >= 11 is 0. The predicted octanol–water partition coefficient (Wildman–Crippen LogP) is 2.13. The highest BCUT2D eigenvalue weighted by atomic mass is 32.2. The Kier molecular flexibility index (Phi) is 4.63. The Morgan fingerprint density at radius 1 is 1.08 bits per heavy atom. The van der Waals surface area contributed by atoms with Crippen LogP contribution in [0.5, 0.6) is 0 Å². The lowest BCUT2D eigenvalue weighted by molar-refractivity contribution is -0.384. The van der Waals surface area contributed by atoms with E-state index in [1.54, 1.807) is 12.1 Å². The Balaban J connectivity index is 1.56. The SMILES string of the molecule is O=[N+]([O-])c1ccc(S(=O)(=O)NCCNc2nc3ccccc3o2)cc1. The molecule has 0 amide bonds. The summed E-state index contributed by atoms with van der Waals surface area (Å²) in [5.74, 6) is 0. The van der Waals surface area contributed by atoms with Crippen molar-refractivity contribution in [2.75, 3.05) is 18.4 Å². The van der Waals surface area contributed by atoms with Crippen molar-refractivity contribution in [1.29, 1.82) is 0 Å². The number of nitro groups is 1. The van der Waals surface area contributed by atoms with E-state index in [1.807, 2.05) is 12.1 Å². The molecule has 0 spiro atoms. The summed E-state index contributed by atoms with van der Waals surface area (Å²) in [5, 5.41) is 13.5. The van der Waals surface area contributed by atoms with Gasteiger partial charge in [-0.3, -0.25) is 10.1 Å². The van der Waals surface area contributed by atoms with E-state index in [0.29, 0.717) is 17.1 Å². The minimum atomic E-state index is -3.75. The molecule has 3 rings (SSSR count). The van der Waals surface area contributed by atoms with Crippen molar-refractivity contribution in [3.63, 3.8) is 0 Å². The van der Waals surface area contributed by atoms with Crippen LogP contribution in [0, 0.1) is 10.1 Å². The van der Waals surface area contributed by atoms with Gasteiger partial charge in [-0.05, 0) is 24.3 Å². The molecule has 0 fully saturated rings. The number of benzene rings is 2. The first-order valence-electron chi connectivity index (χ1n) is 7.29. The molecule has 9 nitrogen and oxygen atoms in total. The quantitative estimate of drug-likeness (QED) is 0.374. The number of sulfonamides is 1. The van der Waals surface area contributed by atoms with E-state index in [9.17, 15) is 18.5 Å². The molecule has 0 unspecified atom stereocenters. The van der Waals surface area contributed by atoms with Crippen LogP contribution in [0.3, 0.4) is 0 Å². The smallest absolute Gasteiger partial charge is 0.295 e. The molecule has 130 valence electrons. The standard InChI is InChI=1S/C15H14N4O5S/c20-19(21)11-5-7-12(8-6-11)25(22,23)17-10-9-16-15-18-13-3-1-2-4-14(13)24-15/h1-8,17H,9-10H2,(H,16,18). The average Bonchev–Trinajstić information content (AvgIpc) is 3.01. The van der Waals surface area contributed by atoms with Crippen LogP contribution in [0.1, 0.15) is 0 Å². The second kappa shape index (κ2) is 6.87. The van der Waals surface area contributed by atoms with Gasteiger partial charge in [-0.15, -0.1) is 0 Å². The molecule has 1 aromatic heterocycles. The fraction of sp³-hybridized carbons (Fsp3) is 0.133. The van der Waals surface area contributed by atoms with E-state index in [4.69, 9.17) is 4.42 Å². The second-order valence-electron chi connectivity index (χ2n) is 5.06. The van der Waals surface area contributed by atoms with Gasteiger partial charge in [-0.1, -0.05) is 12.1 Å². The second-order valence-corrected chi connectivity index (χ2v) is 6.83. The zero-order valence-electron chi connectivity index (χ0n) is 12.9. The molecule has 0 aliphatic heterocycles. The number of hydrogen-bond acceptors (Lipinski definition) is 7. The molecule has 1 heterocycles. The van der Waals surface area contributed by atoms with E-state index in [0.717, 1.165) is 12.1 Å². The third-order valence-electron chi connectivity index (χ3n) is 3.35. The first-order chi connectivity index (χ1) is 12.0. The number of oxazole rings is 1. The van der Waals surface area contributed by atoms with Gasteiger partial charge in [0.25, 0.3) is 11.7 Å². The van der Waals surface area contributed by atoms with Crippen molar-refractivity contribution in [3.05, 3.63) is 58.6 Å². The van der Waals surface area contributed by atoms with Crippen LogP contribution in [0.2, 0.25) is 0 Å². The highest BCUT2D eigenvalue weighted by Crippen LogP contribution is 2.18. The molecule has 0 aliphatic carbocycles. The highest BCUT2D eigenvalue weighted by Gasteiger charge is 2.15. The normalized spacial score (nSPS) is 11.5. The van der Waals surface area contributed by atoms with Crippen molar-refractivity contribution >= 4 is 32.8 Å². The molecule has 0 radical (unpaired) electrons. The van der Waals surface area contributed by atoms with Gasteiger partial charge in [0.1, 0.15) is 5.52 Å². The summed E-state index contributed by atoms with van der Waals surface area (Å²) in [4.78, 5) is 14.2. The van der Waals surface area contributed by atoms with Crippen LogP contribution in [-0.2, 0) is 10.0 Å². The molecular weight excluding hydrogens is 348 g/mol. The molecule has 2 N–H and O–H groups in total. The van der Waals surface area contributed by atoms with Crippen molar-refractivity contribution < 1.29 is 17.8 Å². The van der Waals surface area contributed by atoms with Crippen LogP contribution < -0.4 is 10.0 Å². The minimum Gasteiger partial charge on any atom is -0.424 e. The first-order valence-corrected chi connectivity index (χ1v) is 8.77. The highest BCUT2D eigenvalue weighted by molar-refractivity contribution is 7.89. The van der Waals surface area contributed by atoms with Gasteiger partial charge in [-0.2, -0.15) is 4.98 Å². The van der Waals surface area contributed by atoms with Gasteiger partial charge < -0.3 is 9.73 Å². The molecule has 0 bridgehead atoms. The number of non-ortho nitro benzene ring substituents is 1. The van der Waals surface area contributed by atoms with Crippen LogP contribution in [-0.4, -0.2) is 31.4 Å². The monoisotopic (exact) mass is 362 g/mol. The Morgan fingerprint density at radius 2 is 1.80 bits per heavy atom. The fourth-order valence-electron chi connectivity index (χ4n) is 2.13. The molecule has 10 heteroatoms. The third kappa shape index (κ3) is 3.92. The van der Waals surface area contributed by atoms with E-state index < -0.39 is 14.9 Å². The molecule has 0 saturated heterocycles. The van der Waals surface area contributed by atoms with Crippen LogP contribution >= 0.6 is 0 Å².